The quantitative estimate of drug-likeness (QED) is 0.325. The molecule has 0 heterocycles. The zero-order valence-corrected chi connectivity index (χ0v) is 17.4. The van der Waals surface area contributed by atoms with Gasteiger partial charge in [-0.3, -0.25) is 9.59 Å². The number of carbonyl (C=O) groups excluding carboxylic acids is 2. The van der Waals surface area contributed by atoms with Crippen molar-refractivity contribution in [1.82, 2.24) is 0 Å². The van der Waals surface area contributed by atoms with Crippen LogP contribution in [0.25, 0.3) is 0 Å². The Morgan fingerprint density at radius 3 is 2.12 bits per heavy atom. The predicted molar refractivity (Wildman–Crippen MR) is 117 cm³/mol. The highest BCUT2D eigenvalue weighted by Crippen LogP contribution is 2.31. The van der Waals surface area contributed by atoms with Crippen molar-refractivity contribution in [2.75, 3.05) is 23.1 Å². The molecule has 0 aliphatic rings. The van der Waals surface area contributed by atoms with Crippen molar-refractivity contribution in [1.29, 1.82) is 5.41 Å². The standard InChI is InChI=1S/C21H18ClF3N4O3/c1-3-18(30)27-14-8-12(22)9-15(10-14)29-20(31)17(11-26)19(21(23,24)25)28-13-4-6-16(32-2)7-5-13/h3-11,26,28H,1H2,2H3,(H,27,30)(H,29,31)/b19-17+,26-11?. The molecule has 2 rings (SSSR count). The summed E-state index contributed by atoms with van der Waals surface area (Å²) in [6.07, 6.45) is -3.67. The molecule has 0 aromatic heterocycles. The van der Waals surface area contributed by atoms with Crippen LogP contribution in [0.5, 0.6) is 5.75 Å². The molecule has 7 nitrogen and oxygen atoms in total. The number of benzene rings is 2. The Balaban J connectivity index is 2.38. The van der Waals surface area contributed by atoms with Gasteiger partial charge in [0.15, 0.2) is 0 Å². The summed E-state index contributed by atoms with van der Waals surface area (Å²) in [5.41, 5.74) is -2.18. The summed E-state index contributed by atoms with van der Waals surface area (Å²) in [7, 11) is 1.41. The maximum Gasteiger partial charge on any atom is 0.432 e. The zero-order valence-electron chi connectivity index (χ0n) is 16.6. The summed E-state index contributed by atoms with van der Waals surface area (Å²) >= 11 is 5.95. The lowest BCUT2D eigenvalue weighted by Gasteiger charge is -2.18. The maximum atomic E-state index is 13.7. The van der Waals surface area contributed by atoms with Crippen LogP contribution >= 0.6 is 11.6 Å². The van der Waals surface area contributed by atoms with E-state index in [2.05, 4.69) is 22.5 Å². The first kappa shape index (κ1) is 24.5. The van der Waals surface area contributed by atoms with Crippen LogP contribution in [0.15, 0.2) is 66.4 Å². The molecule has 32 heavy (non-hydrogen) atoms. The minimum atomic E-state index is -4.97. The van der Waals surface area contributed by atoms with Gasteiger partial charge in [0.05, 0.1) is 12.7 Å². The van der Waals surface area contributed by atoms with Crippen LogP contribution in [0, 0.1) is 5.41 Å². The van der Waals surface area contributed by atoms with Crippen molar-refractivity contribution in [2.24, 2.45) is 0 Å². The highest BCUT2D eigenvalue weighted by molar-refractivity contribution is 6.31. The first-order valence-electron chi connectivity index (χ1n) is 8.85. The molecule has 0 atom stereocenters. The second-order valence-electron chi connectivity index (χ2n) is 6.16. The molecule has 2 amide bonds. The van der Waals surface area contributed by atoms with E-state index in [0.29, 0.717) is 12.0 Å². The lowest BCUT2D eigenvalue weighted by atomic mass is 10.1. The van der Waals surface area contributed by atoms with Gasteiger partial charge in [-0.15, -0.1) is 0 Å². The number of allylic oxidation sites excluding steroid dienone is 1. The van der Waals surface area contributed by atoms with E-state index >= 15 is 0 Å². The molecular formula is C21H18ClF3N4O3. The van der Waals surface area contributed by atoms with Gasteiger partial charge in [0.2, 0.25) is 5.91 Å². The van der Waals surface area contributed by atoms with Crippen LogP contribution in [0.3, 0.4) is 0 Å². The smallest absolute Gasteiger partial charge is 0.432 e. The second kappa shape index (κ2) is 10.5. The van der Waals surface area contributed by atoms with E-state index in [4.69, 9.17) is 21.7 Å². The summed E-state index contributed by atoms with van der Waals surface area (Å²) < 4.78 is 46.0. The number of methoxy groups -OCH3 is 1. The normalized spacial score (nSPS) is 11.7. The van der Waals surface area contributed by atoms with Crippen molar-refractivity contribution >= 4 is 46.7 Å². The number of anilines is 3. The zero-order chi connectivity index (χ0) is 23.9. The van der Waals surface area contributed by atoms with Gasteiger partial charge in [-0.25, -0.2) is 0 Å². The van der Waals surface area contributed by atoms with Crippen LogP contribution in [0.1, 0.15) is 0 Å². The topological polar surface area (TPSA) is 103 Å². The van der Waals surface area contributed by atoms with Crippen LogP contribution in [-0.2, 0) is 9.59 Å². The van der Waals surface area contributed by atoms with E-state index < -0.39 is 29.3 Å². The lowest BCUT2D eigenvalue weighted by Crippen LogP contribution is -2.27. The number of ether oxygens (including phenoxy) is 1. The van der Waals surface area contributed by atoms with Gasteiger partial charge in [0.25, 0.3) is 5.91 Å². The number of hydrogen-bond acceptors (Lipinski definition) is 5. The Kier molecular flexibility index (Phi) is 8.03. The van der Waals surface area contributed by atoms with Gasteiger partial charge in [0, 0.05) is 28.3 Å². The fourth-order valence-corrected chi connectivity index (χ4v) is 2.72. The van der Waals surface area contributed by atoms with Crippen LogP contribution in [-0.4, -0.2) is 31.3 Å². The Hall–Kier alpha value is -3.79. The lowest BCUT2D eigenvalue weighted by molar-refractivity contribution is -0.114. The third-order valence-corrected chi connectivity index (χ3v) is 4.13. The number of halogens is 4. The van der Waals surface area contributed by atoms with E-state index in [-0.39, 0.29) is 22.1 Å². The average molecular weight is 467 g/mol. The number of hydrogen-bond donors (Lipinski definition) is 4. The van der Waals surface area contributed by atoms with E-state index in [9.17, 15) is 22.8 Å². The molecule has 0 saturated heterocycles. The van der Waals surface area contributed by atoms with E-state index in [1.54, 1.807) is 0 Å². The van der Waals surface area contributed by atoms with Crippen molar-refractivity contribution in [2.45, 2.75) is 6.18 Å². The number of nitrogens with one attached hydrogen (secondary N) is 4. The minimum Gasteiger partial charge on any atom is -0.497 e. The summed E-state index contributed by atoms with van der Waals surface area (Å²) in [5, 5.41) is 14.3. The van der Waals surface area contributed by atoms with Crippen molar-refractivity contribution in [3.63, 3.8) is 0 Å². The molecule has 4 N–H and O–H groups in total. The third-order valence-electron chi connectivity index (χ3n) is 3.91. The largest absolute Gasteiger partial charge is 0.497 e. The fraction of sp³-hybridized carbons (Fsp3) is 0.0952. The number of rotatable bonds is 8. The Labute approximate surface area is 186 Å². The molecule has 0 bridgehead atoms. The van der Waals surface area contributed by atoms with Gasteiger partial charge in [-0.1, -0.05) is 18.2 Å². The van der Waals surface area contributed by atoms with Crippen molar-refractivity contribution < 1.29 is 27.5 Å². The Morgan fingerprint density at radius 2 is 1.62 bits per heavy atom. The van der Waals surface area contributed by atoms with Crippen molar-refractivity contribution in [3.8, 4) is 5.75 Å². The highest BCUT2D eigenvalue weighted by Gasteiger charge is 2.38. The summed E-state index contributed by atoms with van der Waals surface area (Å²) in [6.45, 7) is 3.30. The van der Waals surface area contributed by atoms with Gasteiger partial charge in [-0.2, -0.15) is 13.2 Å². The predicted octanol–water partition coefficient (Wildman–Crippen LogP) is 4.99. The monoisotopic (exact) mass is 466 g/mol. The first-order valence-corrected chi connectivity index (χ1v) is 9.23. The van der Waals surface area contributed by atoms with E-state index in [1.807, 2.05) is 0 Å². The fourth-order valence-electron chi connectivity index (χ4n) is 2.49. The molecule has 0 spiro atoms. The van der Waals surface area contributed by atoms with Crippen LogP contribution in [0.2, 0.25) is 5.02 Å². The molecule has 0 unspecified atom stereocenters. The number of alkyl halides is 3. The van der Waals surface area contributed by atoms with Crippen LogP contribution in [0.4, 0.5) is 30.2 Å². The number of amides is 2. The molecule has 0 aliphatic heterocycles. The molecule has 168 valence electrons. The maximum absolute atomic E-state index is 13.7. The Bertz CT molecular complexity index is 1070. The SMILES string of the molecule is C=CC(=O)Nc1cc(Cl)cc(NC(=O)/C(C=N)=C(/Nc2ccc(OC)cc2)C(F)(F)F)c1. The first-order chi connectivity index (χ1) is 15.1. The molecular weight excluding hydrogens is 449 g/mol. The molecule has 0 aliphatic carbocycles. The van der Waals surface area contributed by atoms with Crippen LogP contribution < -0.4 is 20.7 Å². The average Bonchev–Trinajstić information content (AvgIpc) is 2.72. The van der Waals surface area contributed by atoms with Gasteiger partial charge < -0.3 is 26.1 Å². The van der Waals surface area contributed by atoms with Gasteiger partial charge in [0.1, 0.15) is 11.4 Å². The van der Waals surface area contributed by atoms with Gasteiger partial charge >= 0.3 is 6.18 Å². The van der Waals surface area contributed by atoms with E-state index in [1.165, 1.54) is 49.6 Å². The number of carbonyl (C=O) groups is 2. The molecule has 2 aromatic rings. The summed E-state index contributed by atoms with van der Waals surface area (Å²) in [6, 6.07) is 9.46. The Morgan fingerprint density at radius 1 is 1.03 bits per heavy atom. The minimum absolute atomic E-state index is 0.00665. The molecule has 11 heteroatoms. The van der Waals surface area contributed by atoms with Gasteiger partial charge in [-0.05, 0) is 48.5 Å². The summed E-state index contributed by atoms with van der Waals surface area (Å²) in [5.74, 6) is -1.33. The molecule has 2 aromatic carbocycles. The summed E-state index contributed by atoms with van der Waals surface area (Å²) in [4.78, 5) is 24.1. The van der Waals surface area contributed by atoms with E-state index in [0.717, 1.165) is 6.08 Å². The molecule has 0 radical (unpaired) electrons. The van der Waals surface area contributed by atoms with Crippen molar-refractivity contribution in [3.05, 3.63) is 71.4 Å². The highest BCUT2D eigenvalue weighted by atomic mass is 35.5. The second-order valence-corrected chi connectivity index (χ2v) is 6.60. The molecule has 0 saturated carbocycles. The third kappa shape index (κ3) is 6.61. The molecule has 0 fully saturated rings.